The average molecular weight is 439 g/mol. The number of carbonyl (C=O) groups excluding carboxylic acids is 2. The highest BCUT2D eigenvalue weighted by molar-refractivity contribution is 6.31. The second-order valence-corrected chi connectivity index (χ2v) is 7.24. The standard InChI is InChI=1S/C20H19ClN8O2/c21-12-5-6-14(19-26-28-29-27-19)16(8-12)25-20(31)17(24-18(30)9-22)7-11-10-23-15-4-2-1-3-13(11)15/h1-6,8,10,17,23H,7,9,22H2,(H,24,30)(H,25,31)(H,26,27,28,29)/t17-/m1/s1. The number of aromatic amines is 2. The van der Waals surface area contributed by atoms with Gasteiger partial charge in [0.15, 0.2) is 0 Å². The largest absolute Gasteiger partial charge is 0.361 e. The van der Waals surface area contributed by atoms with E-state index in [-0.39, 0.29) is 13.0 Å². The molecule has 0 aliphatic rings. The number of carbonyl (C=O) groups is 2. The highest BCUT2D eigenvalue weighted by atomic mass is 35.5. The van der Waals surface area contributed by atoms with Gasteiger partial charge in [-0.05, 0) is 35.0 Å². The molecule has 0 aliphatic carbocycles. The predicted molar refractivity (Wildman–Crippen MR) is 116 cm³/mol. The Balaban J connectivity index is 1.63. The number of aromatic nitrogens is 5. The van der Waals surface area contributed by atoms with Crippen LogP contribution in [0.15, 0.2) is 48.7 Å². The molecule has 0 saturated carbocycles. The van der Waals surface area contributed by atoms with Crippen molar-refractivity contribution in [1.29, 1.82) is 0 Å². The molecular weight excluding hydrogens is 420 g/mol. The number of nitrogens with two attached hydrogens (primary N) is 1. The van der Waals surface area contributed by atoms with E-state index in [9.17, 15) is 9.59 Å². The van der Waals surface area contributed by atoms with Crippen molar-refractivity contribution in [3.05, 3.63) is 59.2 Å². The van der Waals surface area contributed by atoms with E-state index < -0.39 is 17.9 Å². The van der Waals surface area contributed by atoms with E-state index >= 15 is 0 Å². The number of nitrogens with one attached hydrogen (secondary N) is 4. The molecule has 2 heterocycles. The van der Waals surface area contributed by atoms with Crippen molar-refractivity contribution in [2.75, 3.05) is 11.9 Å². The van der Waals surface area contributed by atoms with Crippen LogP contribution in [0.4, 0.5) is 5.69 Å². The molecule has 0 unspecified atom stereocenters. The van der Waals surface area contributed by atoms with E-state index in [1.165, 1.54) is 0 Å². The Morgan fingerprint density at radius 2 is 2.03 bits per heavy atom. The van der Waals surface area contributed by atoms with Crippen LogP contribution in [-0.2, 0) is 16.0 Å². The molecular formula is C20H19ClN8O2. The normalized spacial score (nSPS) is 11.9. The van der Waals surface area contributed by atoms with Gasteiger partial charge in [-0.2, -0.15) is 5.21 Å². The second kappa shape index (κ2) is 8.94. The van der Waals surface area contributed by atoms with Crippen molar-refractivity contribution >= 4 is 40.0 Å². The lowest BCUT2D eigenvalue weighted by atomic mass is 10.0. The van der Waals surface area contributed by atoms with E-state index in [1.54, 1.807) is 18.2 Å². The van der Waals surface area contributed by atoms with E-state index in [2.05, 4.69) is 36.2 Å². The van der Waals surface area contributed by atoms with Crippen LogP contribution in [0.25, 0.3) is 22.3 Å². The van der Waals surface area contributed by atoms with Gasteiger partial charge in [0.25, 0.3) is 0 Å². The van der Waals surface area contributed by atoms with Gasteiger partial charge in [0.1, 0.15) is 6.04 Å². The van der Waals surface area contributed by atoms with Crippen molar-refractivity contribution < 1.29 is 9.59 Å². The third-order valence-electron chi connectivity index (χ3n) is 4.76. The van der Waals surface area contributed by atoms with E-state index in [0.29, 0.717) is 22.1 Å². The van der Waals surface area contributed by atoms with Crippen molar-refractivity contribution in [2.24, 2.45) is 5.73 Å². The minimum absolute atomic E-state index is 0.233. The molecule has 11 heteroatoms. The lowest BCUT2D eigenvalue weighted by Crippen LogP contribution is -2.47. The lowest BCUT2D eigenvalue weighted by molar-refractivity contribution is -0.125. The van der Waals surface area contributed by atoms with Crippen molar-refractivity contribution in [1.82, 2.24) is 30.9 Å². The first-order valence-corrected chi connectivity index (χ1v) is 9.81. The van der Waals surface area contributed by atoms with Gasteiger partial charge in [-0.15, -0.1) is 10.2 Å². The number of para-hydroxylation sites is 1. The molecule has 4 rings (SSSR count). The zero-order valence-electron chi connectivity index (χ0n) is 16.2. The number of anilines is 1. The van der Waals surface area contributed by atoms with Crippen molar-refractivity contribution in [2.45, 2.75) is 12.5 Å². The van der Waals surface area contributed by atoms with Crippen molar-refractivity contribution in [3.8, 4) is 11.4 Å². The molecule has 31 heavy (non-hydrogen) atoms. The van der Waals surface area contributed by atoms with Crippen LogP contribution in [0.3, 0.4) is 0 Å². The maximum atomic E-state index is 13.2. The Kier molecular flexibility index (Phi) is 5.92. The molecule has 158 valence electrons. The molecule has 0 aliphatic heterocycles. The van der Waals surface area contributed by atoms with Crippen molar-refractivity contribution in [3.63, 3.8) is 0 Å². The smallest absolute Gasteiger partial charge is 0.247 e. The SMILES string of the molecule is NCC(=O)N[C@H](Cc1c[nH]c2ccccc12)C(=O)Nc1cc(Cl)ccc1-c1nn[nH]n1. The molecule has 10 nitrogen and oxygen atoms in total. The van der Waals surface area contributed by atoms with Gasteiger partial charge in [0, 0.05) is 34.1 Å². The summed E-state index contributed by atoms with van der Waals surface area (Å²) in [6, 6.07) is 11.8. The Morgan fingerprint density at radius 1 is 1.19 bits per heavy atom. The first kappa shape index (κ1) is 20.5. The maximum Gasteiger partial charge on any atom is 0.247 e. The summed E-state index contributed by atoms with van der Waals surface area (Å²) in [5, 5.41) is 20.7. The molecule has 2 aromatic carbocycles. The molecule has 2 aromatic heterocycles. The molecule has 2 amide bonds. The summed E-state index contributed by atoms with van der Waals surface area (Å²) in [4.78, 5) is 28.3. The van der Waals surface area contributed by atoms with Gasteiger partial charge < -0.3 is 21.4 Å². The highest BCUT2D eigenvalue weighted by Gasteiger charge is 2.24. The minimum atomic E-state index is -0.868. The number of tetrazole rings is 1. The van der Waals surface area contributed by atoms with E-state index in [1.807, 2.05) is 30.5 Å². The summed E-state index contributed by atoms with van der Waals surface area (Å²) in [6.45, 7) is -0.233. The summed E-state index contributed by atoms with van der Waals surface area (Å²) < 4.78 is 0. The number of hydrogen-bond acceptors (Lipinski definition) is 6. The zero-order chi connectivity index (χ0) is 21.8. The minimum Gasteiger partial charge on any atom is -0.361 e. The lowest BCUT2D eigenvalue weighted by Gasteiger charge is -2.19. The van der Waals surface area contributed by atoms with Crippen LogP contribution in [0.5, 0.6) is 0 Å². The molecule has 0 fully saturated rings. The monoisotopic (exact) mass is 438 g/mol. The Morgan fingerprint density at radius 3 is 2.81 bits per heavy atom. The first-order chi connectivity index (χ1) is 15.0. The summed E-state index contributed by atoms with van der Waals surface area (Å²) in [5.41, 5.74) is 8.20. The average Bonchev–Trinajstić information content (AvgIpc) is 3.44. The third-order valence-corrected chi connectivity index (χ3v) is 5.00. The number of rotatable bonds is 7. The maximum absolute atomic E-state index is 13.2. The number of fused-ring (bicyclic) bond motifs is 1. The zero-order valence-corrected chi connectivity index (χ0v) is 17.0. The highest BCUT2D eigenvalue weighted by Crippen LogP contribution is 2.28. The quantitative estimate of drug-likeness (QED) is 0.295. The molecule has 0 saturated heterocycles. The number of halogens is 1. The van der Waals surface area contributed by atoms with Gasteiger partial charge >= 0.3 is 0 Å². The van der Waals surface area contributed by atoms with Gasteiger partial charge in [-0.3, -0.25) is 9.59 Å². The van der Waals surface area contributed by atoms with Crippen LogP contribution in [0, 0.1) is 0 Å². The number of amides is 2. The Bertz CT molecular complexity index is 1220. The first-order valence-electron chi connectivity index (χ1n) is 9.44. The number of benzene rings is 2. The fourth-order valence-corrected chi connectivity index (χ4v) is 3.47. The van der Waals surface area contributed by atoms with Crippen LogP contribution >= 0.6 is 11.6 Å². The number of H-pyrrole nitrogens is 2. The number of nitrogens with zero attached hydrogens (tertiary/aromatic N) is 3. The third kappa shape index (κ3) is 4.55. The predicted octanol–water partition coefficient (Wildman–Crippen LogP) is 1.63. The van der Waals surface area contributed by atoms with Gasteiger partial charge in [-0.25, -0.2) is 0 Å². The topological polar surface area (TPSA) is 154 Å². The van der Waals surface area contributed by atoms with Gasteiger partial charge in [-0.1, -0.05) is 29.8 Å². The molecule has 0 bridgehead atoms. The Labute approximate surface area is 181 Å². The van der Waals surface area contributed by atoms with Crippen LogP contribution in [0.1, 0.15) is 5.56 Å². The second-order valence-electron chi connectivity index (χ2n) is 6.80. The molecule has 4 aromatic rings. The molecule has 0 spiro atoms. The summed E-state index contributed by atoms with van der Waals surface area (Å²) in [7, 11) is 0. The van der Waals surface area contributed by atoms with Gasteiger partial charge in [0.2, 0.25) is 17.6 Å². The number of hydrogen-bond donors (Lipinski definition) is 5. The van der Waals surface area contributed by atoms with E-state index in [0.717, 1.165) is 16.5 Å². The summed E-state index contributed by atoms with van der Waals surface area (Å²) in [5.74, 6) is -0.574. The Hall–Kier alpha value is -3.76. The summed E-state index contributed by atoms with van der Waals surface area (Å²) >= 11 is 6.12. The molecule has 0 radical (unpaired) electrons. The molecule has 6 N–H and O–H groups in total. The van der Waals surface area contributed by atoms with Gasteiger partial charge in [0.05, 0.1) is 12.2 Å². The summed E-state index contributed by atoms with van der Waals surface area (Å²) in [6.07, 6.45) is 2.09. The van der Waals surface area contributed by atoms with Crippen LogP contribution in [0.2, 0.25) is 5.02 Å². The van der Waals surface area contributed by atoms with Crippen LogP contribution in [-0.4, -0.2) is 50.0 Å². The fourth-order valence-electron chi connectivity index (χ4n) is 3.29. The molecule has 1 atom stereocenters. The van der Waals surface area contributed by atoms with Crippen LogP contribution < -0.4 is 16.4 Å². The van der Waals surface area contributed by atoms with E-state index in [4.69, 9.17) is 17.3 Å². The fraction of sp³-hybridized carbons (Fsp3) is 0.150.